The molecule has 0 saturated heterocycles. The van der Waals surface area contributed by atoms with E-state index in [1.807, 2.05) is 0 Å². The summed E-state index contributed by atoms with van der Waals surface area (Å²) in [6.45, 7) is 6.50. The Labute approximate surface area is 47.2 Å². The van der Waals surface area contributed by atoms with Gasteiger partial charge in [-0.2, -0.15) is 0 Å². The van der Waals surface area contributed by atoms with Crippen molar-refractivity contribution in [3.8, 4) is 0 Å². The van der Waals surface area contributed by atoms with E-state index in [-0.39, 0.29) is 7.43 Å². The quantitative estimate of drug-likeness (QED) is 0.453. The maximum absolute atomic E-state index is 7.94. The second kappa shape index (κ2) is 89.8. The molecule has 0 radical (unpaired) electrons. The van der Waals surface area contributed by atoms with Crippen LogP contribution in [0.3, 0.4) is 0 Å². The Morgan fingerprint density at radius 1 is 1.67 bits per heavy atom. The van der Waals surface area contributed by atoms with Crippen molar-refractivity contribution >= 4 is 0 Å². The molecule has 0 N–H and O–H groups in total. The molecular formula is C4H8CoO-2. The van der Waals surface area contributed by atoms with Crippen molar-refractivity contribution in [2.45, 2.75) is 0 Å². The normalized spacial score (nSPS) is 2.83. The second-order valence-corrected chi connectivity index (χ2v) is 0.289. The summed E-state index contributed by atoms with van der Waals surface area (Å²) in [4.78, 5) is 0. The Bertz CT molecular complexity index is 21.5. The fourth-order valence-corrected chi connectivity index (χ4v) is 0. The molecule has 1 nitrogen and oxygen atoms in total. The molecular weight excluding hydrogens is 123 g/mol. The SMILES string of the molecule is C=C[CH2-].[CH3-].[O]=[Co]. The van der Waals surface area contributed by atoms with Crippen LogP contribution >= 0.6 is 0 Å². The van der Waals surface area contributed by atoms with Crippen LogP contribution in [0.4, 0.5) is 0 Å². The minimum absolute atomic E-state index is 0. The number of hydrogen-bond acceptors (Lipinski definition) is 1. The molecule has 0 bridgehead atoms. The zero-order valence-corrected chi connectivity index (χ0v) is 4.77. The second-order valence-electron chi connectivity index (χ2n) is 0.289. The first kappa shape index (κ1) is 16.8. The first-order valence-corrected chi connectivity index (χ1v) is 1.38. The van der Waals surface area contributed by atoms with Crippen molar-refractivity contribution in [2.75, 3.05) is 0 Å². The maximum atomic E-state index is 7.94. The fraction of sp³-hybridized carbons (Fsp3) is 0. The summed E-state index contributed by atoms with van der Waals surface area (Å²) in [5.41, 5.74) is 0. The van der Waals surface area contributed by atoms with E-state index in [1.54, 1.807) is 0 Å². The molecule has 0 unspecified atom stereocenters. The molecule has 0 fully saturated rings. The zero-order valence-electron chi connectivity index (χ0n) is 3.73. The third kappa shape index (κ3) is 4780. The number of hydrogen-bond donors (Lipinski definition) is 0. The summed E-state index contributed by atoms with van der Waals surface area (Å²) in [7, 11) is 0. The summed E-state index contributed by atoms with van der Waals surface area (Å²) in [6, 6.07) is 0. The standard InChI is InChI=1S/C3H5.CH3.Co.O/c1-3-2;;;/h3H,1-2H2;1H3;;/q2*-1;;. The summed E-state index contributed by atoms with van der Waals surface area (Å²) in [6.07, 6.45) is 1.50. The zero-order chi connectivity index (χ0) is 4.71. The van der Waals surface area contributed by atoms with E-state index in [0.717, 1.165) is 0 Å². The van der Waals surface area contributed by atoms with Crippen LogP contribution in [-0.2, 0) is 19.5 Å². The third-order valence-corrected chi connectivity index (χ3v) is 0. The predicted octanol–water partition coefficient (Wildman–Crippen LogP) is 1.34. The van der Waals surface area contributed by atoms with Gasteiger partial charge in [-0.25, -0.2) is 19.6 Å². The van der Waals surface area contributed by atoms with Gasteiger partial charge in [0.15, 0.2) is 0 Å². The predicted molar refractivity (Wildman–Crippen MR) is 22.7 cm³/mol. The summed E-state index contributed by atoms with van der Waals surface area (Å²) in [5, 5.41) is 0. The summed E-state index contributed by atoms with van der Waals surface area (Å²) in [5.74, 6) is 0. The Hall–Kier alpha value is -0.0835. The van der Waals surface area contributed by atoms with Crippen molar-refractivity contribution in [1.29, 1.82) is 0 Å². The Morgan fingerprint density at radius 3 is 1.67 bits per heavy atom. The molecule has 0 aliphatic heterocycles. The van der Waals surface area contributed by atoms with E-state index in [1.165, 1.54) is 6.08 Å². The third-order valence-electron chi connectivity index (χ3n) is 0. The van der Waals surface area contributed by atoms with Crippen molar-refractivity contribution < 1.29 is 19.5 Å². The first-order valence-electron chi connectivity index (χ1n) is 0.953. The van der Waals surface area contributed by atoms with Crippen LogP contribution in [0.2, 0.25) is 0 Å². The molecule has 0 saturated carbocycles. The van der Waals surface area contributed by atoms with Crippen LogP contribution in [0.25, 0.3) is 0 Å². The first-order chi connectivity index (χ1) is 2.41. The Kier molecular flexibility index (Phi) is 252. The van der Waals surface area contributed by atoms with Crippen LogP contribution in [0.15, 0.2) is 12.7 Å². The monoisotopic (exact) mass is 131 g/mol. The van der Waals surface area contributed by atoms with Crippen molar-refractivity contribution in [3.05, 3.63) is 27.0 Å². The van der Waals surface area contributed by atoms with Crippen molar-refractivity contribution in [3.63, 3.8) is 0 Å². The van der Waals surface area contributed by atoms with Gasteiger partial charge < -0.3 is 7.43 Å². The average molecular weight is 131 g/mol. The van der Waals surface area contributed by atoms with E-state index in [4.69, 9.17) is 3.87 Å². The van der Waals surface area contributed by atoms with Gasteiger partial charge in [-0.15, -0.1) is 0 Å². The van der Waals surface area contributed by atoms with Gasteiger partial charge >= 0.3 is 19.5 Å². The average Bonchev–Trinajstić information content (AvgIpc) is 1.46. The molecule has 0 heterocycles. The van der Waals surface area contributed by atoms with Gasteiger partial charge in [0.25, 0.3) is 0 Å². The van der Waals surface area contributed by atoms with E-state index in [2.05, 4.69) is 29.2 Å². The van der Waals surface area contributed by atoms with E-state index in [9.17, 15) is 0 Å². The molecule has 0 aromatic rings. The van der Waals surface area contributed by atoms with Crippen LogP contribution in [0.1, 0.15) is 0 Å². The Morgan fingerprint density at radius 2 is 1.67 bits per heavy atom. The van der Waals surface area contributed by atoms with Crippen LogP contribution in [0.5, 0.6) is 0 Å². The molecule has 0 aromatic heterocycles. The van der Waals surface area contributed by atoms with Gasteiger partial charge in [0, 0.05) is 0 Å². The molecule has 0 atom stereocenters. The molecule has 0 aromatic carbocycles. The fourth-order valence-electron chi connectivity index (χ4n) is 0. The van der Waals surface area contributed by atoms with Crippen LogP contribution in [-0.4, -0.2) is 0 Å². The molecule has 0 amide bonds. The minimum atomic E-state index is 0. The van der Waals surface area contributed by atoms with Gasteiger partial charge in [0.05, 0.1) is 0 Å². The van der Waals surface area contributed by atoms with Crippen molar-refractivity contribution in [2.24, 2.45) is 0 Å². The molecule has 0 aliphatic carbocycles. The molecule has 2 heteroatoms. The summed E-state index contributed by atoms with van der Waals surface area (Å²) < 4.78 is 7.94. The van der Waals surface area contributed by atoms with E-state index >= 15 is 0 Å². The van der Waals surface area contributed by atoms with Gasteiger partial charge in [0.1, 0.15) is 0 Å². The number of rotatable bonds is 0. The van der Waals surface area contributed by atoms with Gasteiger partial charge in [-0.05, 0) is 0 Å². The van der Waals surface area contributed by atoms with E-state index < -0.39 is 0 Å². The van der Waals surface area contributed by atoms with Crippen LogP contribution in [0, 0.1) is 14.4 Å². The molecule has 0 rings (SSSR count). The molecule has 6 heavy (non-hydrogen) atoms. The van der Waals surface area contributed by atoms with Crippen LogP contribution < -0.4 is 0 Å². The van der Waals surface area contributed by atoms with E-state index in [0.29, 0.717) is 0 Å². The topological polar surface area (TPSA) is 17.1 Å². The molecule has 0 spiro atoms. The van der Waals surface area contributed by atoms with Crippen molar-refractivity contribution in [1.82, 2.24) is 0 Å². The summed E-state index contributed by atoms with van der Waals surface area (Å²) >= 11 is 2.31. The van der Waals surface area contributed by atoms with Gasteiger partial charge in [0.2, 0.25) is 0 Å². The Balaban J connectivity index is -0.0000000275. The number of allylic oxidation sites excluding steroid dienone is 1. The molecule has 0 aliphatic rings. The van der Waals surface area contributed by atoms with Gasteiger partial charge in [-0.1, -0.05) is 0 Å². The van der Waals surface area contributed by atoms with Gasteiger partial charge in [-0.3, -0.25) is 0 Å². The molecule has 41 valence electrons.